The Labute approximate surface area is 172 Å². The molecule has 0 atom stereocenters. The van der Waals surface area contributed by atoms with Gasteiger partial charge in [0.15, 0.2) is 5.69 Å². The lowest BCUT2D eigenvalue weighted by molar-refractivity contribution is -0.00721. The van der Waals surface area contributed by atoms with E-state index in [1.165, 1.54) is 44.1 Å². The largest absolute Gasteiger partial charge is 0.291 e. The highest BCUT2D eigenvalue weighted by Gasteiger charge is 2.52. The van der Waals surface area contributed by atoms with Crippen molar-refractivity contribution < 1.29 is 4.79 Å². The van der Waals surface area contributed by atoms with Gasteiger partial charge in [0, 0.05) is 11.1 Å². The van der Waals surface area contributed by atoms with Gasteiger partial charge in [0.25, 0.3) is 5.91 Å². The molecule has 1 aromatic carbocycles. The Morgan fingerprint density at radius 2 is 1.76 bits per heavy atom. The van der Waals surface area contributed by atoms with Gasteiger partial charge in [-0.3, -0.25) is 9.89 Å². The Bertz CT molecular complexity index is 889. The van der Waals surface area contributed by atoms with Gasteiger partial charge < -0.3 is 0 Å². The third-order valence-corrected chi connectivity index (χ3v) is 7.40. The maximum absolute atomic E-state index is 12.5. The summed E-state index contributed by atoms with van der Waals surface area (Å²) in [6, 6.07) is 10.2. The van der Waals surface area contributed by atoms with Crippen molar-refractivity contribution in [1.29, 1.82) is 0 Å². The van der Waals surface area contributed by atoms with Crippen molar-refractivity contribution in [3.05, 3.63) is 52.8 Å². The van der Waals surface area contributed by atoms with Crippen molar-refractivity contribution >= 4 is 12.1 Å². The van der Waals surface area contributed by atoms with Crippen molar-refractivity contribution in [3.63, 3.8) is 0 Å². The van der Waals surface area contributed by atoms with Crippen LogP contribution in [0.15, 0.2) is 35.4 Å². The van der Waals surface area contributed by atoms with Gasteiger partial charge in [-0.2, -0.15) is 10.2 Å². The predicted octanol–water partition coefficient (Wildman–Crippen LogP) is 4.76. The number of carbonyl (C=O) groups is 1. The van der Waals surface area contributed by atoms with E-state index in [1.54, 1.807) is 6.21 Å². The lowest BCUT2D eigenvalue weighted by atomic mass is 9.49. The summed E-state index contributed by atoms with van der Waals surface area (Å²) in [6.07, 6.45) is 9.68. The number of nitrogens with one attached hydrogen (secondary N) is 2. The molecule has 4 aliphatic carbocycles. The lowest BCUT2D eigenvalue weighted by Crippen LogP contribution is -2.48. The van der Waals surface area contributed by atoms with E-state index in [4.69, 9.17) is 0 Å². The number of amides is 1. The van der Waals surface area contributed by atoms with Gasteiger partial charge in [-0.25, -0.2) is 5.43 Å². The molecule has 1 aromatic heterocycles. The molecule has 0 saturated heterocycles. The first kappa shape index (κ1) is 18.6. The highest BCUT2D eigenvalue weighted by atomic mass is 16.2. The van der Waals surface area contributed by atoms with E-state index >= 15 is 0 Å². The van der Waals surface area contributed by atoms with Crippen LogP contribution < -0.4 is 5.43 Å². The highest BCUT2D eigenvalue weighted by Crippen LogP contribution is 2.60. The summed E-state index contributed by atoms with van der Waals surface area (Å²) >= 11 is 0. The minimum atomic E-state index is -0.257. The summed E-state index contributed by atoms with van der Waals surface area (Å²) in [5.41, 5.74) is 6.69. The molecule has 2 N–H and O–H groups in total. The average Bonchev–Trinajstić information content (AvgIpc) is 3.18. The SMILES string of the molecule is CC(C)c1ccc(/C=N\NC(=O)c2cc(C34CC5CC(CC(C5)C3)C4)[nH]n2)cc1. The summed E-state index contributed by atoms with van der Waals surface area (Å²) in [7, 11) is 0. The van der Waals surface area contributed by atoms with E-state index in [0.29, 0.717) is 11.6 Å². The first-order valence-corrected chi connectivity index (χ1v) is 11.0. The number of carbonyl (C=O) groups excluding carboxylic acids is 1. The van der Waals surface area contributed by atoms with Crippen LogP contribution >= 0.6 is 0 Å². The minimum Gasteiger partial charge on any atom is -0.281 e. The second-order valence-electron chi connectivity index (χ2n) is 9.89. The van der Waals surface area contributed by atoms with Crippen molar-refractivity contribution in [2.24, 2.45) is 22.9 Å². The number of benzene rings is 1. The van der Waals surface area contributed by atoms with Gasteiger partial charge in [-0.15, -0.1) is 0 Å². The fourth-order valence-corrected chi connectivity index (χ4v) is 6.34. The van der Waals surface area contributed by atoms with Crippen molar-refractivity contribution in [2.45, 2.75) is 63.7 Å². The third-order valence-electron chi connectivity index (χ3n) is 7.40. The molecule has 0 aliphatic heterocycles. The molecule has 29 heavy (non-hydrogen) atoms. The first-order valence-electron chi connectivity index (χ1n) is 11.0. The van der Waals surface area contributed by atoms with Crippen LogP contribution in [0.3, 0.4) is 0 Å². The van der Waals surface area contributed by atoms with Crippen LogP contribution in [0.5, 0.6) is 0 Å². The van der Waals surface area contributed by atoms with Crippen LogP contribution in [0.25, 0.3) is 0 Å². The molecule has 6 rings (SSSR count). The molecule has 152 valence electrons. The Morgan fingerprint density at radius 1 is 1.14 bits per heavy atom. The van der Waals surface area contributed by atoms with Gasteiger partial charge in [0.2, 0.25) is 0 Å². The Balaban J connectivity index is 1.24. The number of aromatic amines is 1. The van der Waals surface area contributed by atoms with Gasteiger partial charge >= 0.3 is 0 Å². The molecule has 4 saturated carbocycles. The Morgan fingerprint density at radius 3 is 2.34 bits per heavy atom. The van der Waals surface area contributed by atoms with Crippen LogP contribution in [0.1, 0.15) is 85.6 Å². The molecule has 1 amide bonds. The van der Waals surface area contributed by atoms with Crippen LogP contribution in [0.2, 0.25) is 0 Å². The minimum absolute atomic E-state index is 0.224. The maximum Gasteiger partial charge on any atom is 0.291 e. The quantitative estimate of drug-likeness (QED) is 0.570. The molecule has 0 spiro atoms. The molecule has 5 nitrogen and oxygen atoms in total. The topological polar surface area (TPSA) is 70.1 Å². The number of aromatic nitrogens is 2. The molecule has 4 bridgehead atoms. The van der Waals surface area contributed by atoms with Gasteiger partial charge in [0.05, 0.1) is 6.21 Å². The summed E-state index contributed by atoms with van der Waals surface area (Å²) in [5, 5.41) is 11.6. The molecule has 2 aromatic rings. The summed E-state index contributed by atoms with van der Waals surface area (Å²) in [4.78, 5) is 12.5. The summed E-state index contributed by atoms with van der Waals surface area (Å²) in [5.74, 6) is 2.85. The number of rotatable bonds is 5. The molecule has 5 heteroatoms. The van der Waals surface area contributed by atoms with E-state index in [-0.39, 0.29) is 11.3 Å². The molecular formula is C24H30N4O. The monoisotopic (exact) mass is 390 g/mol. The fourth-order valence-electron chi connectivity index (χ4n) is 6.34. The van der Waals surface area contributed by atoms with Gasteiger partial charge in [0.1, 0.15) is 0 Å². The lowest BCUT2D eigenvalue weighted by Gasteiger charge is -2.56. The van der Waals surface area contributed by atoms with Crippen LogP contribution in [-0.2, 0) is 5.41 Å². The number of hydrogen-bond donors (Lipinski definition) is 2. The fraction of sp³-hybridized carbons (Fsp3) is 0.542. The van der Waals surface area contributed by atoms with E-state index < -0.39 is 0 Å². The second-order valence-corrected chi connectivity index (χ2v) is 9.89. The molecule has 1 heterocycles. The molecule has 4 fully saturated rings. The molecular weight excluding hydrogens is 360 g/mol. The van der Waals surface area contributed by atoms with Crippen LogP contribution in [-0.4, -0.2) is 22.3 Å². The van der Waals surface area contributed by atoms with Gasteiger partial charge in [-0.05, 0) is 79.4 Å². The molecule has 4 aliphatic rings. The number of hydrazone groups is 1. The highest BCUT2D eigenvalue weighted by molar-refractivity contribution is 5.93. The zero-order valence-electron chi connectivity index (χ0n) is 17.3. The van der Waals surface area contributed by atoms with E-state index in [1.807, 2.05) is 18.2 Å². The van der Waals surface area contributed by atoms with E-state index in [2.05, 4.69) is 46.7 Å². The summed E-state index contributed by atoms with van der Waals surface area (Å²) < 4.78 is 0. The van der Waals surface area contributed by atoms with Crippen LogP contribution in [0.4, 0.5) is 0 Å². The number of H-pyrrole nitrogens is 1. The van der Waals surface area contributed by atoms with Gasteiger partial charge in [-0.1, -0.05) is 38.1 Å². The van der Waals surface area contributed by atoms with Crippen molar-refractivity contribution in [1.82, 2.24) is 15.6 Å². The molecule has 0 radical (unpaired) electrons. The smallest absolute Gasteiger partial charge is 0.281 e. The van der Waals surface area contributed by atoms with Crippen molar-refractivity contribution in [3.8, 4) is 0 Å². The van der Waals surface area contributed by atoms with Crippen molar-refractivity contribution in [2.75, 3.05) is 0 Å². The van der Waals surface area contributed by atoms with E-state index in [0.717, 1.165) is 29.0 Å². The first-order chi connectivity index (χ1) is 14.0. The third kappa shape index (κ3) is 3.52. The second kappa shape index (κ2) is 7.12. The van der Waals surface area contributed by atoms with E-state index in [9.17, 15) is 4.79 Å². The zero-order chi connectivity index (χ0) is 20.0. The Kier molecular flexibility index (Phi) is 4.56. The zero-order valence-corrected chi connectivity index (χ0v) is 17.3. The van der Waals surface area contributed by atoms with Crippen LogP contribution in [0, 0.1) is 17.8 Å². The molecule has 0 unspecified atom stereocenters. The normalized spacial score (nSPS) is 30.4. The number of nitrogens with zero attached hydrogens (tertiary/aromatic N) is 2. The standard InChI is InChI=1S/C24H30N4O/c1-15(2)20-5-3-16(4-6-20)14-25-28-23(29)21-10-22(27-26-21)24-11-17-7-18(12-24)9-19(8-17)13-24/h3-6,10,14-15,17-19H,7-9,11-13H2,1-2H3,(H,26,27)(H,28,29)/b25-14-. The Hall–Kier alpha value is -2.43. The average molecular weight is 391 g/mol. The maximum atomic E-state index is 12.5. The predicted molar refractivity (Wildman–Crippen MR) is 114 cm³/mol. The number of hydrogen-bond acceptors (Lipinski definition) is 3. The summed E-state index contributed by atoms with van der Waals surface area (Å²) in [6.45, 7) is 4.34.